The van der Waals surface area contributed by atoms with E-state index in [-0.39, 0.29) is 17.9 Å². The highest BCUT2D eigenvalue weighted by Gasteiger charge is 2.37. The molecule has 0 spiro atoms. The van der Waals surface area contributed by atoms with Crippen LogP contribution in [0.15, 0.2) is 24.3 Å². The molecular weight excluding hydrogens is 224 g/mol. The first-order valence-electron chi connectivity index (χ1n) is 5.41. The van der Waals surface area contributed by atoms with E-state index in [4.69, 9.17) is 17.3 Å². The summed E-state index contributed by atoms with van der Waals surface area (Å²) in [5, 5.41) is 0.611. The topological polar surface area (TPSA) is 46.3 Å². The van der Waals surface area contributed by atoms with Crippen LogP contribution in [0.2, 0.25) is 5.02 Å². The van der Waals surface area contributed by atoms with Gasteiger partial charge in [0, 0.05) is 18.4 Å². The molecule has 2 N–H and O–H groups in total. The smallest absolute Gasteiger partial charge is 0.227 e. The molecule has 1 saturated heterocycles. The van der Waals surface area contributed by atoms with Gasteiger partial charge in [-0.3, -0.25) is 4.79 Å². The number of anilines is 1. The third-order valence-electron chi connectivity index (χ3n) is 3.21. The van der Waals surface area contributed by atoms with E-state index in [1.54, 1.807) is 11.0 Å². The SMILES string of the molecule is CC1C(CN)CC(=O)N1c1ccccc1Cl. The van der Waals surface area contributed by atoms with Crippen molar-refractivity contribution in [1.29, 1.82) is 0 Å². The summed E-state index contributed by atoms with van der Waals surface area (Å²) in [6, 6.07) is 7.54. The Bertz CT molecular complexity index is 408. The van der Waals surface area contributed by atoms with E-state index in [0.717, 1.165) is 5.69 Å². The first-order chi connectivity index (χ1) is 7.65. The fourth-order valence-electron chi connectivity index (χ4n) is 2.21. The fraction of sp³-hybridized carbons (Fsp3) is 0.417. The van der Waals surface area contributed by atoms with Crippen molar-refractivity contribution in [3.8, 4) is 0 Å². The normalized spacial score (nSPS) is 25.2. The van der Waals surface area contributed by atoms with Crippen molar-refractivity contribution in [3.63, 3.8) is 0 Å². The van der Waals surface area contributed by atoms with Crippen molar-refractivity contribution in [1.82, 2.24) is 0 Å². The van der Waals surface area contributed by atoms with E-state index >= 15 is 0 Å². The standard InChI is InChI=1S/C12H15ClN2O/c1-8-9(7-14)6-12(16)15(8)11-5-3-2-4-10(11)13/h2-5,8-9H,6-7,14H2,1H3. The number of para-hydroxylation sites is 1. The van der Waals surface area contributed by atoms with Crippen LogP contribution in [0.5, 0.6) is 0 Å². The van der Waals surface area contributed by atoms with E-state index in [1.165, 1.54) is 0 Å². The van der Waals surface area contributed by atoms with E-state index in [2.05, 4.69) is 0 Å². The summed E-state index contributed by atoms with van der Waals surface area (Å²) in [6.45, 7) is 2.56. The predicted octanol–water partition coefficient (Wildman–Crippen LogP) is 2.04. The molecule has 1 aliphatic rings. The Morgan fingerprint density at radius 3 is 2.75 bits per heavy atom. The zero-order valence-corrected chi connectivity index (χ0v) is 9.95. The minimum atomic E-state index is 0.107. The van der Waals surface area contributed by atoms with Gasteiger partial charge in [0.05, 0.1) is 10.7 Å². The van der Waals surface area contributed by atoms with Crippen molar-refractivity contribution in [2.24, 2.45) is 11.7 Å². The van der Waals surface area contributed by atoms with Gasteiger partial charge in [-0.2, -0.15) is 0 Å². The maximum atomic E-state index is 11.9. The van der Waals surface area contributed by atoms with Gasteiger partial charge in [0.15, 0.2) is 0 Å². The lowest BCUT2D eigenvalue weighted by Crippen LogP contribution is -2.34. The predicted molar refractivity (Wildman–Crippen MR) is 65.6 cm³/mol. The Labute approximate surface area is 100 Å². The van der Waals surface area contributed by atoms with E-state index in [9.17, 15) is 4.79 Å². The summed E-state index contributed by atoms with van der Waals surface area (Å²) in [7, 11) is 0. The largest absolute Gasteiger partial charge is 0.330 e. The van der Waals surface area contributed by atoms with Crippen LogP contribution in [0.25, 0.3) is 0 Å². The third-order valence-corrected chi connectivity index (χ3v) is 3.53. The molecule has 3 nitrogen and oxygen atoms in total. The zero-order valence-electron chi connectivity index (χ0n) is 9.19. The molecular formula is C12H15ClN2O. The van der Waals surface area contributed by atoms with Gasteiger partial charge in [-0.25, -0.2) is 0 Å². The number of hydrogen-bond donors (Lipinski definition) is 1. The summed E-state index contributed by atoms with van der Waals surface area (Å²) in [4.78, 5) is 13.7. The summed E-state index contributed by atoms with van der Waals surface area (Å²) in [6.07, 6.45) is 0.517. The molecule has 1 aliphatic heterocycles. The summed E-state index contributed by atoms with van der Waals surface area (Å²) in [5.41, 5.74) is 6.44. The number of nitrogens with zero attached hydrogens (tertiary/aromatic N) is 1. The Balaban J connectivity index is 2.35. The van der Waals surface area contributed by atoms with Crippen molar-refractivity contribution in [2.45, 2.75) is 19.4 Å². The highest BCUT2D eigenvalue weighted by atomic mass is 35.5. The van der Waals surface area contributed by atoms with E-state index in [0.29, 0.717) is 18.0 Å². The number of nitrogens with two attached hydrogens (primary N) is 1. The molecule has 0 saturated carbocycles. The Morgan fingerprint density at radius 1 is 1.50 bits per heavy atom. The van der Waals surface area contributed by atoms with Crippen LogP contribution in [0.1, 0.15) is 13.3 Å². The third kappa shape index (κ3) is 1.81. The molecule has 1 fully saturated rings. The molecule has 1 amide bonds. The lowest BCUT2D eigenvalue weighted by atomic mass is 10.0. The second-order valence-electron chi connectivity index (χ2n) is 4.16. The van der Waals surface area contributed by atoms with Gasteiger partial charge in [-0.05, 0) is 25.6 Å². The number of amides is 1. The number of hydrogen-bond acceptors (Lipinski definition) is 2. The molecule has 1 aromatic rings. The summed E-state index contributed by atoms with van der Waals surface area (Å²) in [5.74, 6) is 0.333. The molecule has 1 aromatic carbocycles. The van der Waals surface area contributed by atoms with Crippen LogP contribution in [0.3, 0.4) is 0 Å². The van der Waals surface area contributed by atoms with Crippen LogP contribution < -0.4 is 10.6 Å². The molecule has 2 rings (SSSR count). The number of halogens is 1. The number of carbonyl (C=O) groups excluding carboxylic acids is 1. The van der Waals surface area contributed by atoms with Gasteiger partial charge in [0.1, 0.15) is 0 Å². The minimum Gasteiger partial charge on any atom is -0.330 e. The quantitative estimate of drug-likeness (QED) is 0.857. The molecule has 16 heavy (non-hydrogen) atoms. The van der Waals surface area contributed by atoms with Gasteiger partial charge in [-0.1, -0.05) is 23.7 Å². The van der Waals surface area contributed by atoms with Gasteiger partial charge < -0.3 is 10.6 Å². The molecule has 0 radical (unpaired) electrons. The molecule has 4 heteroatoms. The van der Waals surface area contributed by atoms with Gasteiger partial charge >= 0.3 is 0 Å². The Kier molecular flexibility index (Phi) is 3.17. The van der Waals surface area contributed by atoms with Gasteiger partial charge in [-0.15, -0.1) is 0 Å². The second-order valence-corrected chi connectivity index (χ2v) is 4.56. The number of benzene rings is 1. The highest BCUT2D eigenvalue weighted by molar-refractivity contribution is 6.33. The fourth-order valence-corrected chi connectivity index (χ4v) is 2.44. The van der Waals surface area contributed by atoms with Crippen LogP contribution >= 0.6 is 11.6 Å². The van der Waals surface area contributed by atoms with Crippen LogP contribution in [-0.4, -0.2) is 18.5 Å². The zero-order chi connectivity index (χ0) is 11.7. The van der Waals surface area contributed by atoms with E-state index < -0.39 is 0 Å². The summed E-state index contributed by atoms with van der Waals surface area (Å²) >= 11 is 6.10. The van der Waals surface area contributed by atoms with Gasteiger partial charge in [0.2, 0.25) is 5.91 Å². The van der Waals surface area contributed by atoms with Crippen molar-refractivity contribution < 1.29 is 4.79 Å². The Hall–Kier alpha value is -1.06. The first-order valence-corrected chi connectivity index (χ1v) is 5.79. The van der Waals surface area contributed by atoms with Gasteiger partial charge in [0.25, 0.3) is 0 Å². The lowest BCUT2D eigenvalue weighted by Gasteiger charge is -2.25. The molecule has 86 valence electrons. The van der Waals surface area contributed by atoms with E-state index in [1.807, 2.05) is 25.1 Å². The monoisotopic (exact) mass is 238 g/mol. The molecule has 2 atom stereocenters. The van der Waals surface area contributed by atoms with Crippen molar-refractivity contribution in [3.05, 3.63) is 29.3 Å². The Morgan fingerprint density at radius 2 is 2.19 bits per heavy atom. The first kappa shape index (κ1) is 11.4. The molecule has 0 bridgehead atoms. The average Bonchev–Trinajstić information content (AvgIpc) is 2.55. The minimum absolute atomic E-state index is 0.107. The molecule has 1 heterocycles. The van der Waals surface area contributed by atoms with Crippen LogP contribution in [0.4, 0.5) is 5.69 Å². The maximum Gasteiger partial charge on any atom is 0.227 e. The number of rotatable bonds is 2. The van der Waals surface area contributed by atoms with Crippen molar-refractivity contribution >= 4 is 23.2 Å². The average molecular weight is 239 g/mol. The maximum absolute atomic E-state index is 11.9. The molecule has 0 aliphatic carbocycles. The molecule has 0 aromatic heterocycles. The molecule has 2 unspecified atom stereocenters. The highest BCUT2D eigenvalue weighted by Crippen LogP contribution is 2.34. The van der Waals surface area contributed by atoms with Crippen molar-refractivity contribution in [2.75, 3.05) is 11.4 Å². The lowest BCUT2D eigenvalue weighted by molar-refractivity contribution is -0.117. The second kappa shape index (κ2) is 4.44. The van der Waals surface area contributed by atoms with Crippen LogP contribution in [-0.2, 0) is 4.79 Å². The number of carbonyl (C=O) groups is 1. The van der Waals surface area contributed by atoms with Crippen LogP contribution in [0, 0.1) is 5.92 Å². The summed E-state index contributed by atoms with van der Waals surface area (Å²) < 4.78 is 0.